The average Bonchev–Trinajstić information content (AvgIpc) is 3.21. The lowest BCUT2D eigenvalue weighted by Gasteiger charge is -2.45. The standard InChI is InChI=1S/C16H29N5O2S/c1-3-5-6-7-19-12-15(20-8-10-23-11-9-20)21(22,13-19)16-18-17-14(4-2)24-16/h15H,3-13H2,1-2H3. The predicted octanol–water partition coefficient (Wildman–Crippen LogP) is 2.03. The first-order valence-electron chi connectivity index (χ1n) is 9.13. The van der Waals surface area contributed by atoms with Crippen molar-refractivity contribution >= 4 is 16.5 Å². The third-order valence-electron chi connectivity index (χ3n) is 4.94. The second kappa shape index (κ2) is 8.16. The van der Waals surface area contributed by atoms with Crippen molar-refractivity contribution in [1.82, 2.24) is 24.6 Å². The van der Waals surface area contributed by atoms with Crippen molar-refractivity contribution in [1.29, 1.82) is 0 Å². The van der Waals surface area contributed by atoms with Gasteiger partial charge in [0, 0.05) is 19.6 Å². The Morgan fingerprint density at radius 3 is 2.71 bits per heavy atom. The van der Waals surface area contributed by atoms with Crippen LogP contribution in [0.15, 0.2) is 0 Å². The maximum Gasteiger partial charge on any atom is 0.309 e. The summed E-state index contributed by atoms with van der Waals surface area (Å²) in [6, 6.07) is 0. The molecule has 0 aliphatic carbocycles. The number of aromatic nitrogens is 2. The molecule has 2 fully saturated rings. The average molecular weight is 356 g/mol. The van der Waals surface area contributed by atoms with E-state index in [1.54, 1.807) is 0 Å². The second-order valence-electron chi connectivity index (χ2n) is 6.68. The van der Waals surface area contributed by atoms with Gasteiger partial charge in [0.05, 0.1) is 19.8 Å². The Balaban J connectivity index is 1.78. The molecule has 1 aromatic rings. The maximum atomic E-state index is 13.8. The van der Waals surface area contributed by atoms with Gasteiger partial charge in [0.15, 0.2) is 6.17 Å². The Morgan fingerprint density at radius 2 is 2.04 bits per heavy atom. The molecular formula is C16H29N5O2S. The molecule has 0 saturated carbocycles. The molecule has 8 heteroatoms. The fourth-order valence-electron chi connectivity index (χ4n) is 3.54. The molecule has 2 aliphatic rings. The number of nitrogens with zero attached hydrogens (tertiary/aromatic N) is 5. The molecule has 24 heavy (non-hydrogen) atoms. The lowest BCUT2D eigenvalue weighted by molar-refractivity contribution is -0.00417. The van der Waals surface area contributed by atoms with Crippen LogP contribution in [-0.2, 0) is 11.2 Å². The van der Waals surface area contributed by atoms with E-state index >= 15 is 0 Å². The third-order valence-corrected chi connectivity index (χ3v) is 6.12. The van der Waals surface area contributed by atoms with Crippen molar-refractivity contribution in [3.63, 3.8) is 0 Å². The van der Waals surface area contributed by atoms with Gasteiger partial charge in [-0.1, -0.05) is 31.8 Å². The highest BCUT2D eigenvalue weighted by atomic mass is 32.1. The zero-order chi connectivity index (χ0) is 17.0. The van der Waals surface area contributed by atoms with E-state index in [2.05, 4.69) is 33.8 Å². The largest absolute Gasteiger partial charge is 0.623 e. The Bertz CT molecular complexity index is 522. The number of hydroxylamine groups is 2. The van der Waals surface area contributed by atoms with E-state index in [-0.39, 0.29) is 10.8 Å². The molecule has 136 valence electrons. The molecule has 0 N–H and O–H groups in total. The molecule has 2 atom stereocenters. The van der Waals surface area contributed by atoms with Gasteiger partial charge in [0.1, 0.15) is 11.7 Å². The summed E-state index contributed by atoms with van der Waals surface area (Å²) < 4.78 is 5.10. The van der Waals surface area contributed by atoms with Crippen molar-refractivity contribution < 1.29 is 4.74 Å². The van der Waals surface area contributed by atoms with Crippen LogP contribution in [0.2, 0.25) is 0 Å². The van der Waals surface area contributed by atoms with Gasteiger partial charge in [-0.2, -0.15) is 0 Å². The van der Waals surface area contributed by atoms with Gasteiger partial charge in [-0.25, -0.2) is 9.80 Å². The number of hydrogen-bond acceptors (Lipinski definition) is 7. The molecule has 0 bridgehead atoms. The highest BCUT2D eigenvalue weighted by Gasteiger charge is 2.47. The van der Waals surface area contributed by atoms with Crippen LogP contribution in [0.5, 0.6) is 0 Å². The second-order valence-corrected chi connectivity index (χ2v) is 7.72. The van der Waals surface area contributed by atoms with E-state index in [1.807, 2.05) is 0 Å². The highest BCUT2D eigenvalue weighted by Crippen LogP contribution is 2.35. The zero-order valence-corrected chi connectivity index (χ0v) is 15.6. The minimum absolute atomic E-state index is 0.0896. The van der Waals surface area contributed by atoms with Gasteiger partial charge in [0.25, 0.3) is 0 Å². The van der Waals surface area contributed by atoms with E-state index in [1.165, 1.54) is 24.2 Å². The van der Waals surface area contributed by atoms with Crippen LogP contribution in [0, 0.1) is 5.21 Å². The van der Waals surface area contributed by atoms with Gasteiger partial charge in [0.2, 0.25) is 0 Å². The molecule has 2 saturated heterocycles. The molecule has 7 nitrogen and oxygen atoms in total. The molecule has 2 unspecified atom stereocenters. The number of quaternary nitrogens is 1. The van der Waals surface area contributed by atoms with E-state index in [4.69, 9.17) is 4.74 Å². The summed E-state index contributed by atoms with van der Waals surface area (Å²) in [5.41, 5.74) is 0. The van der Waals surface area contributed by atoms with E-state index < -0.39 is 0 Å². The van der Waals surface area contributed by atoms with Crippen molar-refractivity contribution in [3.8, 4) is 0 Å². The van der Waals surface area contributed by atoms with Crippen molar-refractivity contribution in [2.24, 2.45) is 0 Å². The van der Waals surface area contributed by atoms with E-state index in [9.17, 15) is 5.21 Å². The molecule has 2 aliphatic heterocycles. The topological polar surface area (TPSA) is 64.5 Å². The number of rotatable bonds is 7. The molecule has 0 aromatic carbocycles. The fourth-order valence-corrected chi connectivity index (χ4v) is 4.39. The lowest BCUT2D eigenvalue weighted by Crippen LogP contribution is -2.59. The minimum Gasteiger partial charge on any atom is -0.623 e. The van der Waals surface area contributed by atoms with Crippen LogP contribution < -0.4 is 4.65 Å². The summed E-state index contributed by atoms with van der Waals surface area (Å²) >= 11 is 1.48. The number of ether oxygens (including phenoxy) is 1. The molecule has 0 spiro atoms. The number of unbranched alkanes of at least 4 members (excludes halogenated alkanes) is 2. The molecule has 0 radical (unpaired) electrons. The monoisotopic (exact) mass is 355 g/mol. The quantitative estimate of drug-likeness (QED) is 0.424. The Hall–Kier alpha value is -0.640. The summed E-state index contributed by atoms with van der Waals surface area (Å²) in [6.45, 7) is 9.65. The van der Waals surface area contributed by atoms with Gasteiger partial charge >= 0.3 is 5.13 Å². The van der Waals surface area contributed by atoms with Crippen molar-refractivity contribution in [3.05, 3.63) is 10.2 Å². The normalized spacial score (nSPS) is 29.4. The SMILES string of the molecule is CCCCCN1CC(N2CCOCC2)[N+]([O-])(c2nnc(CC)s2)C1. The van der Waals surface area contributed by atoms with Crippen LogP contribution in [-0.4, -0.2) is 72.2 Å². The van der Waals surface area contributed by atoms with Crippen molar-refractivity contribution in [2.45, 2.75) is 45.7 Å². The first-order valence-corrected chi connectivity index (χ1v) is 9.95. The summed E-state index contributed by atoms with van der Waals surface area (Å²) in [5.74, 6) is 0. The van der Waals surface area contributed by atoms with Gasteiger partial charge < -0.3 is 9.94 Å². The van der Waals surface area contributed by atoms with Crippen LogP contribution in [0.3, 0.4) is 0 Å². The van der Waals surface area contributed by atoms with E-state index in [0.717, 1.165) is 44.0 Å². The zero-order valence-electron chi connectivity index (χ0n) is 14.8. The molecule has 1 aromatic heterocycles. The number of hydrogen-bond donors (Lipinski definition) is 0. The van der Waals surface area contributed by atoms with Gasteiger partial charge in [-0.05, 0) is 24.2 Å². The summed E-state index contributed by atoms with van der Waals surface area (Å²) in [6.07, 6.45) is 4.32. The van der Waals surface area contributed by atoms with E-state index in [0.29, 0.717) is 25.0 Å². The van der Waals surface area contributed by atoms with Crippen LogP contribution in [0.4, 0.5) is 5.13 Å². The smallest absolute Gasteiger partial charge is 0.309 e. The molecule has 0 amide bonds. The minimum atomic E-state index is -0.371. The summed E-state index contributed by atoms with van der Waals surface area (Å²) in [4.78, 5) is 4.61. The molecular weight excluding hydrogens is 326 g/mol. The Morgan fingerprint density at radius 1 is 1.25 bits per heavy atom. The Kier molecular flexibility index (Phi) is 6.17. The summed E-state index contributed by atoms with van der Waals surface area (Å²) in [7, 11) is 0. The molecule has 3 heterocycles. The number of aryl methyl sites for hydroxylation is 1. The van der Waals surface area contributed by atoms with Crippen LogP contribution in [0.25, 0.3) is 0 Å². The van der Waals surface area contributed by atoms with Crippen molar-refractivity contribution in [2.75, 3.05) is 46.1 Å². The molecule has 3 rings (SSSR count). The fraction of sp³-hybridized carbons (Fsp3) is 0.875. The first kappa shape index (κ1) is 18.2. The lowest BCUT2D eigenvalue weighted by atomic mass is 10.2. The van der Waals surface area contributed by atoms with Gasteiger partial charge in [-0.3, -0.25) is 4.65 Å². The highest BCUT2D eigenvalue weighted by molar-refractivity contribution is 7.15. The predicted molar refractivity (Wildman–Crippen MR) is 96.6 cm³/mol. The number of morpholine rings is 1. The van der Waals surface area contributed by atoms with Gasteiger partial charge in [-0.15, -0.1) is 5.10 Å². The Labute approximate surface area is 148 Å². The van der Waals surface area contributed by atoms with Crippen LogP contribution >= 0.6 is 11.3 Å². The third kappa shape index (κ3) is 3.79. The summed E-state index contributed by atoms with van der Waals surface area (Å²) in [5, 5.41) is 23.8. The maximum absolute atomic E-state index is 13.8. The van der Waals surface area contributed by atoms with Crippen LogP contribution in [0.1, 0.15) is 38.1 Å². The first-order chi connectivity index (χ1) is 11.7.